The van der Waals surface area contributed by atoms with Gasteiger partial charge in [0, 0.05) is 31.4 Å². The van der Waals surface area contributed by atoms with Crippen molar-refractivity contribution in [1.29, 1.82) is 0 Å². The maximum atomic E-state index is 9.28. The van der Waals surface area contributed by atoms with Gasteiger partial charge in [0.2, 0.25) is 0 Å². The van der Waals surface area contributed by atoms with Crippen LogP contribution in [-0.4, -0.2) is 43.1 Å². The molecule has 1 aliphatic rings. The van der Waals surface area contributed by atoms with Crippen LogP contribution in [0.2, 0.25) is 0 Å². The van der Waals surface area contributed by atoms with E-state index in [-0.39, 0.29) is 18.8 Å². The van der Waals surface area contributed by atoms with Gasteiger partial charge in [-0.1, -0.05) is 26.0 Å². The van der Waals surface area contributed by atoms with E-state index in [0.29, 0.717) is 6.04 Å². The quantitative estimate of drug-likeness (QED) is 0.861. The first-order valence-electron chi connectivity index (χ1n) is 7.42. The standard InChI is InChI=1S/C16H26N2O2/c1-12(2)17-8-14-4-6-15(7-5-14)18-9-13(3)20-16(10-18)11-19/h4-7,12-13,16-17,19H,8-11H2,1-3H3. The third-order valence-corrected chi connectivity index (χ3v) is 3.55. The molecular formula is C16H26N2O2. The van der Waals surface area contributed by atoms with Crippen molar-refractivity contribution in [3.05, 3.63) is 29.8 Å². The zero-order valence-corrected chi connectivity index (χ0v) is 12.7. The molecule has 0 aromatic heterocycles. The van der Waals surface area contributed by atoms with Gasteiger partial charge in [-0.3, -0.25) is 0 Å². The first-order chi connectivity index (χ1) is 9.58. The molecule has 2 unspecified atom stereocenters. The molecule has 4 heteroatoms. The van der Waals surface area contributed by atoms with Crippen LogP contribution in [0.1, 0.15) is 26.3 Å². The van der Waals surface area contributed by atoms with Gasteiger partial charge in [-0.15, -0.1) is 0 Å². The number of nitrogens with zero attached hydrogens (tertiary/aromatic N) is 1. The average molecular weight is 278 g/mol. The van der Waals surface area contributed by atoms with Crippen LogP contribution in [0, 0.1) is 0 Å². The van der Waals surface area contributed by atoms with Gasteiger partial charge in [-0.05, 0) is 24.6 Å². The van der Waals surface area contributed by atoms with E-state index in [1.54, 1.807) is 0 Å². The molecule has 1 aromatic rings. The summed E-state index contributed by atoms with van der Waals surface area (Å²) in [5.74, 6) is 0. The summed E-state index contributed by atoms with van der Waals surface area (Å²) in [6.45, 7) is 8.96. The molecule has 1 saturated heterocycles. The van der Waals surface area contributed by atoms with E-state index in [1.807, 2.05) is 0 Å². The van der Waals surface area contributed by atoms with Gasteiger partial charge in [0.15, 0.2) is 0 Å². The zero-order chi connectivity index (χ0) is 14.5. The molecule has 0 saturated carbocycles. The number of rotatable bonds is 5. The fourth-order valence-electron chi connectivity index (χ4n) is 2.50. The highest BCUT2D eigenvalue weighted by atomic mass is 16.5. The molecule has 4 nitrogen and oxygen atoms in total. The predicted molar refractivity (Wildman–Crippen MR) is 82.1 cm³/mol. The number of aliphatic hydroxyl groups is 1. The summed E-state index contributed by atoms with van der Waals surface area (Å²) in [6, 6.07) is 9.14. The summed E-state index contributed by atoms with van der Waals surface area (Å²) in [4.78, 5) is 2.29. The van der Waals surface area contributed by atoms with Crippen LogP contribution < -0.4 is 10.2 Å². The topological polar surface area (TPSA) is 44.7 Å². The van der Waals surface area contributed by atoms with E-state index in [4.69, 9.17) is 4.74 Å². The van der Waals surface area contributed by atoms with Crippen LogP contribution in [0.25, 0.3) is 0 Å². The van der Waals surface area contributed by atoms with Crippen molar-refractivity contribution in [2.45, 2.75) is 45.6 Å². The van der Waals surface area contributed by atoms with Crippen LogP contribution in [0.4, 0.5) is 5.69 Å². The van der Waals surface area contributed by atoms with Crippen molar-refractivity contribution in [2.75, 3.05) is 24.6 Å². The highest BCUT2D eigenvalue weighted by Crippen LogP contribution is 2.20. The van der Waals surface area contributed by atoms with Crippen LogP contribution in [0.5, 0.6) is 0 Å². The molecule has 0 spiro atoms. The summed E-state index contributed by atoms with van der Waals surface area (Å²) >= 11 is 0. The van der Waals surface area contributed by atoms with Crippen LogP contribution in [-0.2, 0) is 11.3 Å². The number of anilines is 1. The Labute approximate surface area is 121 Å². The molecule has 112 valence electrons. The Balaban J connectivity index is 1.98. The van der Waals surface area contributed by atoms with E-state index < -0.39 is 0 Å². The van der Waals surface area contributed by atoms with E-state index in [2.05, 4.69) is 55.3 Å². The fraction of sp³-hybridized carbons (Fsp3) is 0.625. The fourth-order valence-corrected chi connectivity index (χ4v) is 2.50. The monoisotopic (exact) mass is 278 g/mol. The molecule has 0 bridgehead atoms. The van der Waals surface area contributed by atoms with Gasteiger partial charge in [0.05, 0.1) is 18.8 Å². The molecule has 2 atom stereocenters. The summed E-state index contributed by atoms with van der Waals surface area (Å²) in [5.41, 5.74) is 2.49. The first kappa shape index (κ1) is 15.3. The number of hydrogen-bond donors (Lipinski definition) is 2. The normalized spacial score (nSPS) is 23.4. The second kappa shape index (κ2) is 7.07. The number of hydrogen-bond acceptors (Lipinski definition) is 4. The zero-order valence-electron chi connectivity index (χ0n) is 12.7. The lowest BCUT2D eigenvalue weighted by Crippen LogP contribution is -2.48. The van der Waals surface area contributed by atoms with Crippen molar-refractivity contribution in [3.63, 3.8) is 0 Å². The van der Waals surface area contributed by atoms with Crippen LogP contribution in [0.15, 0.2) is 24.3 Å². The second-order valence-electron chi connectivity index (χ2n) is 5.86. The van der Waals surface area contributed by atoms with Crippen LogP contribution >= 0.6 is 0 Å². The third kappa shape index (κ3) is 4.20. The maximum Gasteiger partial charge on any atom is 0.0984 e. The molecule has 0 radical (unpaired) electrons. The van der Waals surface area contributed by atoms with Crippen molar-refractivity contribution < 1.29 is 9.84 Å². The largest absolute Gasteiger partial charge is 0.394 e. The summed E-state index contributed by atoms with van der Waals surface area (Å²) in [7, 11) is 0. The van der Waals surface area contributed by atoms with Crippen LogP contribution in [0.3, 0.4) is 0 Å². The predicted octanol–water partition coefficient (Wildman–Crippen LogP) is 1.77. The van der Waals surface area contributed by atoms with E-state index in [0.717, 1.165) is 19.6 Å². The molecule has 0 aliphatic carbocycles. The lowest BCUT2D eigenvalue weighted by atomic mass is 10.1. The average Bonchev–Trinajstić information content (AvgIpc) is 2.45. The molecule has 2 rings (SSSR count). The summed E-state index contributed by atoms with van der Waals surface area (Å²) in [5, 5.41) is 12.7. The van der Waals surface area contributed by atoms with E-state index >= 15 is 0 Å². The molecule has 1 fully saturated rings. The number of nitrogens with one attached hydrogen (secondary N) is 1. The van der Waals surface area contributed by atoms with E-state index in [9.17, 15) is 5.11 Å². The molecule has 1 heterocycles. The Kier molecular flexibility index (Phi) is 5.40. The SMILES string of the molecule is CC(C)NCc1ccc(N2CC(C)OC(CO)C2)cc1. The van der Waals surface area contributed by atoms with Crippen molar-refractivity contribution >= 4 is 5.69 Å². The minimum atomic E-state index is -0.0824. The van der Waals surface area contributed by atoms with E-state index in [1.165, 1.54) is 11.3 Å². The number of ether oxygens (including phenoxy) is 1. The highest BCUT2D eigenvalue weighted by Gasteiger charge is 2.24. The van der Waals surface area contributed by atoms with Crippen molar-refractivity contribution in [1.82, 2.24) is 5.32 Å². The van der Waals surface area contributed by atoms with Gasteiger partial charge < -0.3 is 20.1 Å². The lowest BCUT2D eigenvalue weighted by molar-refractivity contribution is -0.0421. The number of morpholine rings is 1. The smallest absolute Gasteiger partial charge is 0.0984 e. The Hall–Kier alpha value is -1.10. The van der Waals surface area contributed by atoms with Gasteiger partial charge >= 0.3 is 0 Å². The second-order valence-corrected chi connectivity index (χ2v) is 5.86. The Morgan fingerprint density at radius 3 is 2.60 bits per heavy atom. The van der Waals surface area contributed by atoms with Gasteiger partial charge in [-0.2, -0.15) is 0 Å². The van der Waals surface area contributed by atoms with Crippen molar-refractivity contribution in [2.24, 2.45) is 0 Å². The van der Waals surface area contributed by atoms with Crippen molar-refractivity contribution in [3.8, 4) is 0 Å². The highest BCUT2D eigenvalue weighted by molar-refractivity contribution is 5.48. The molecule has 0 amide bonds. The third-order valence-electron chi connectivity index (χ3n) is 3.55. The summed E-state index contributed by atoms with van der Waals surface area (Å²) < 4.78 is 5.67. The van der Waals surface area contributed by atoms with Gasteiger partial charge in [-0.25, -0.2) is 0 Å². The lowest BCUT2D eigenvalue weighted by Gasteiger charge is -2.37. The minimum absolute atomic E-state index is 0.0806. The number of benzene rings is 1. The molecule has 1 aromatic carbocycles. The summed E-state index contributed by atoms with van der Waals surface area (Å²) in [6.07, 6.45) is 0.0734. The first-order valence-corrected chi connectivity index (χ1v) is 7.42. The molecule has 2 N–H and O–H groups in total. The molecular weight excluding hydrogens is 252 g/mol. The Bertz CT molecular complexity index is 405. The maximum absolute atomic E-state index is 9.28. The minimum Gasteiger partial charge on any atom is -0.394 e. The molecule has 1 aliphatic heterocycles. The Morgan fingerprint density at radius 1 is 1.30 bits per heavy atom. The molecule has 20 heavy (non-hydrogen) atoms. The number of aliphatic hydroxyl groups excluding tert-OH is 1. The van der Waals surface area contributed by atoms with Gasteiger partial charge in [0.25, 0.3) is 0 Å². The van der Waals surface area contributed by atoms with Gasteiger partial charge in [0.1, 0.15) is 0 Å². The Morgan fingerprint density at radius 2 is 2.00 bits per heavy atom.